The maximum absolute atomic E-state index is 11.7. The maximum atomic E-state index is 11.7. The molecule has 0 unspecified atom stereocenters. The molecule has 0 bridgehead atoms. The smallest absolute Gasteiger partial charge is 0.326 e. The summed E-state index contributed by atoms with van der Waals surface area (Å²) in [4.78, 5) is 13.0. The minimum Gasteiger partial charge on any atom is -0.351 e. The predicted octanol–water partition coefficient (Wildman–Crippen LogP) is 2.69. The third-order valence-corrected chi connectivity index (χ3v) is 3.18. The standard InChI is InChI=1S/C14H14N4O2/c1-9-7-13(20-16-9)18(14(15)19)11-3-4-12-10(8-11)5-6-17(12)2/h3-8H,1-2H3,(H2,15,19). The third kappa shape index (κ3) is 1.91. The predicted molar refractivity (Wildman–Crippen MR) is 75.9 cm³/mol. The molecule has 6 heteroatoms. The molecule has 3 aromatic rings. The molecule has 0 aliphatic carbocycles. The van der Waals surface area contributed by atoms with Crippen LogP contribution in [-0.2, 0) is 7.05 Å². The van der Waals surface area contributed by atoms with Crippen molar-refractivity contribution in [3.8, 4) is 0 Å². The summed E-state index contributed by atoms with van der Waals surface area (Å²) in [7, 11) is 1.97. The Hall–Kier alpha value is -2.76. The molecule has 0 aliphatic rings. The molecule has 3 rings (SSSR count). The molecule has 2 amide bonds. The molecule has 2 heterocycles. The van der Waals surface area contributed by atoms with E-state index in [-0.39, 0.29) is 0 Å². The number of carbonyl (C=O) groups excluding carboxylic acids is 1. The molecule has 0 fully saturated rings. The Bertz CT molecular complexity index is 787. The molecule has 0 aliphatic heterocycles. The van der Waals surface area contributed by atoms with E-state index >= 15 is 0 Å². The van der Waals surface area contributed by atoms with Crippen LogP contribution in [0.25, 0.3) is 10.9 Å². The molecule has 2 N–H and O–H groups in total. The van der Waals surface area contributed by atoms with Gasteiger partial charge in [-0.2, -0.15) is 0 Å². The van der Waals surface area contributed by atoms with Crippen LogP contribution in [-0.4, -0.2) is 15.8 Å². The van der Waals surface area contributed by atoms with Crippen molar-refractivity contribution in [1.82, 2.24) is 9.72 Å². The van der Waals surface area contributed by atoms with Crippen molar-refractivity contribution in [2.45, 2.75) is 6.92 Å². The Morgan fingerprint density at radius 1 is 1.35 bits per heavy atom. The van der Waals surface area contributed by atoms with Gasteiger partial charge in [0.25, 0.3) is 0 Å². The lowest BCUT2D eigenvalue weighted by molar-refractivity contribution is 0.254. The summed E-state index contributed by atoms with van der Waals surface area (Å²) in [6.07, 6.45) is 1.96. The van der Waals surface area contributed by atoms with Gasteiger partial charge in [-0.25, -0.2) is 9.69 Å². The number of hydrogen-bond acceptors (Lipinski definition) is 3. The second-order valence-electron chi connectivity index (χ2n) is 4.65. The molecular weight excluding hydrogens is 256 g/mol. The lowest BCUT2D eigenvalue weighted by Gasteiger charge is -2.16. The number of amides is 2. The first-order chi connectivity index (χ1) is 9.56. The van der Waals surface area contributed by atoms with Crippen LogP contribution in [0.15, 0.2) is 41.1 Å². The van der Waals surface area contributed by atoms with Crippen LogP contribution in [0.1, 0.15) is 5.69 Å². The molecule has 6 nitrogen and oxygen atoms in total. The zero-order chi connectivity index (χ0) is 14.3. The fraction of sp³-hybridized carbons (Fsp3) is 0.143. The van der Waals surface area contributed by atoms with Crippen molar-refractivity contribution in [3.05, 3.63) is 42.2 Å². The highest BCUT2D eigenvalue weighted by Gasteiger charge is 2.19. The van der Waals surface area contributed by atoms with Crippen LogP contribution in [0, 0.1) is 6.92 Å². The van der Waals surface area contributed by atoms with Gasteiger partial charge in [-0.3, -0.25) is 0 Å². The maximum Gasteiger partial charge on any atom is 0.326 e. The minimum atomic E-state index is -0.614. The van der Waals surface area contributed by atoms with Crippen molar-refractivity contribution in [3.63, 3.8) is 0 Å². The molecule has 0 atom stereocenters. The van der Waals surface area contributed by atoms with Crippen molar-refractivity contribution >= 4 is 28.5 Å². The number of urea groups is 1. The number of nitrogens with zero attached hydrogens (tertiary/aromatic N) is 3. The summed E-state index contributed by atoms with van der Waals surface area (Å²) in [5.41, 5.74) is 7.86. The molecule has 2 aromatic heterocycles. The van der Waals surface area contributed by atoms with E-state index in [2.05, 4.69) is 5.16 Å². The summed E-state index contributed by atoms with van der Waals surface area (Å²) in [5.74, 6) is 0.310. The second-order valence-corrected chi connectivity index (χ2v) is 4.65. The monoisotopic (exact) mass is 270 g/mol. The molecule has 0 saturated carbocycles. The largest absolute Gasteiger partial charge is 0.351 e. The van der Waals surface area contributed by atoms with E-state index in [9.17, 15) is 4.79 Å². The summed E-state index contributed by atoms with van der Waals surface area (Å²) in [6, 6.07) is 8.67. The summed E-state index contributed by atoms with van der Waals surface area (Å²) in [6.45, 7) is 1.78. The van der Waals surface area contributed by atoms with Gasteiger partial charge < -0.3 is 14.8 Å². The first-order valence-corrected chi connectivity index (χ1v) is 6.14. The average molecular weight is 270 g/mol. The van der Waals surface area contributed by atoms with E-state index in [0.29, 0.717) is 17.3 Å². The van der Waals surface area contributed by atoms with Gasteiger partial charge in [0.15, 0.2) is 0 Å². The number of aryl methyl sites for hydroxylation is 2. The van der Waals surface area contributed by atoms with E-state index in [0.717, 1.165) is 10.9 Å². The first-order valence-electron chi connectivity index (χ1n) is 6.14. The van der Waals surface area contributed by atoms with Gasteiger partial charge in [-0.05, 0) is 31.2 Å². The van der Waals surface area contributed by atoms with Crippen LogP contribution >= 0.6 is 0 Å². The minimum absolute atomic E-state index is 0.310. The van der Waals surface area contributed by atoms with E-state index in [1.165, 1.54) is 4.90 Å². The van der Waals surface area contributed by atoms with Crippen LogP contribution in [0.2, 0.25) is 0 Å². The van der Waals surface area contributed by atoms with E-state index in [4.69, 9.17) is 10.3 Å². The zero-order valence-corrected chi connectivity index (χ0v) is 11.2. The normalized spacial score (nSPS) is 10.9. The van der Waals surface area contributed by atoms with Crippen LogP contribution < -0.4 is 10.6 Å². The molecule has 1 aromatic carbocycles. The summed E-state index contributed by atoms with van der Waals surface area (Å²) < 4.78 is 7.14. The number of aromatic nitrogens is 2. The SMILES string of the molecule is Cc1cc(N(C(N)=O)c2ccc3c(ccn3C)c2)on1. The highest BCUT2D eigenvalue weighted by atomic mass is 16.5. The van der Waals surface area contributed by atoms with Gasteiger partial charge in [-0.1, -0.05) is 5.16 Å². The Morgan fingerprint density at radius 2 is 2.15 bits per heavy atom. The van der Waals surface area contributed by atoms with Gasteiger partial charge in [0.2, 0.25) is 5.88 Å². The number of hydrogen-bond donors (Lipinski definition) is 1. The van der Waals surface area contributed by atoms with Crippen molar-refractivity contribution < 1.29 is 9.32 Å². The molecule has 0 spiro atoms. The van der Waals surface area contributed by atoms with E-state index in [1.54, 1.807) is 13.0 Å². The highest BCUT2D eigenvalue weighted by Crippen LogP contribution is 2.29. The summed E-state index contributed by atoms with van der Waals surface area (Å²) in [5, 5.41) is 4.80. The Morgan fingerprint density at radius 3 is 2.80 bits per heavy atom. The third-order valence-electron chi connectivity index (χ3n) is 3.18. The van der Waals surface area contributed by atoms with Crippen molar-refractivity contribution in [2.24, 2.45) is 12.8 Å². The lowest BCUT2D eigenvalue weighted by atomic mass is 10.2. The second kappa shape index (κ2) is 4.41. The number of fused-ring (bicyclic) bond motifs is 1. The highest BCUT2D eigenvalue weighted by molar-refractivity contribution is 5.99. The van der Waals surface area contributed by atoms with Gasteiger partial charge >= 0.3 is 6.03 Å². The number of primary amides is 1. The fourth-order valence-electron chi connectivity index (χ4n) is 2.23. The van der Waals surface area contributed by atoms with Gasteiger partial charge in [0.05, 0.1) is 11.4 Å². The number of rotatable bonds is 2. The van der Waals surface area contributed by atoms with Gasteiger partial charge in [0.1, 0.15) is 0 Å². The zero-order valence-electron chi connectivity index (χ0n) is 11.2. The Kier molecular flexibility index (Phi) is 2.71. The van der Waals surface area contributed by atoms with E-state index < -0.39 is 6.03 Å². The number of carbonyl (C=O) groups is 1. The van der Waals surface area contributed by atoms with Gasteiger partial charge in [-0.15, -0.1) is 0 Å². The molecule has 0 radical (unpaired) electrons. The van der Waals surface area contributed by atoms with Crippen LogP contribution in [0.4, 0.5) is 16.4 Å². The van der Waals surface area contributed by atoms with Crippen molar-refractivity contribution in [1.29, 1.82) is 0 Å². The number of anilines is 2. The molecule has 20 heavy (non-hydrogen) atoms. The molecule has 102 valence electrons. The molecule has 0 saturated heterocycles. The Balaban J connectivity index is 2.12. The quantitative estimate of drug-likeness (QED) is 0.777. The Labute approximate surface area is 115 Å². The number of benzene rings is 1. The van der Waals surface area contributed by atoms with Crippen LogP contribution in [0.3, 0.4) is 0 Å². The number of nitrogens with two attached hydrogens (primary N) is 1. The topological polar surface area (TPSA) is 77.3 Å². The fourth-order valence-corrected chi connectivity index (χ4v) is 2.23. The molecular formula is C14H14N4O2. The summed E-state index contributed by atoms with van der Waals surface area (Å²) >= 11 is 0. The first kappa shape index (κ1) is 12.3. The average Bonchev–Trinajstić information content (AvgIpc) is 2.97. The van der Waals surface area contributed by atoms with Crippen molar-refractivity contribution in [2.75, 3.05) is 4.90 Å². The lowest BCUT2D eigenvalue weighted by Crippen LogP contribution is -2.31. The van der Waals surface area contributed by atoms with Crippen LogP contribution in [0.5, 0.6) is 0 Å². The van der Waals surface area contributed by atoms with E-state index in [1.807, 2.05) is 42.1 Å². The van der Waals surface area contributed by atoms with Gasteiger partial charge in [0, 0.05) is 30.2 Å².